The van der Waals surface area contributed by atoms with Gasteiger partial charge in [0.2, 0.25) is 10.0 Å². The Bertz CT molecular complexity index is 1220. The molecule has 3 aromatic rings. The first-order valence-corrected chi connectivity index (χ1v) is 10.7. The van der Waals surface area contributed by atoms with Crippen LogP contribution in [0.2, 0.25) is 5.02 Å². The van der Waals surface area contributed by atoms with Gasteiger partial charge in [-0.2, -0.15) is 0 Å². The number of carbonyl (C=O) groups excluding carboxylic acids is 1. The standard InChI is InChI=1S/C20H20ClN3O5S/c1-24(2)30(28,29)13-7-8-16(21)15(10-13)19(25)23-18(20(26)27)9-12-11-22-17-6-4-3-5-14(12)17/h3-8,10-11,18,22H,9H2,1-2H3,(H,23,25)(H,26,27)/t18-/m1/s1. The summed E-state index contributed by atoms with van der Waals surface area (Å²) in [6.07, 6.45) is 1.74. The Labute approximate surface area is 178 Å². The second-order valence-corrected chi connectivity index (χ2v) is 9.42. The highest BCUT2D eigenvalue weighted by Gasteiger charge is 2.25. The van der Waals surface area contributed by atoms with Gasteiger partial charge in [-0.05, 0) is 29.8 Å². The smallest absolute Gasteiger partial charge is 0.326 e. The van der Waals surface area contributed by atoms with Gasteiger partial charge in [0.15, 0.2) is 0 Å². The van der Waals surface area contributed by atoms with Crippen molar-refractivity contribution in [2.45, 2.75) is 17.4 Å². The molecule has 0 fully saturated rings. The van der Waals surface area contributed by atoms with Gasteiger partial charge in [0.25, 0.3) is 5.91 Å². The largest absolute Gasteiger partial charge is 0.480 e. The van der Waals surface area contributed by atoms with Crippen LogP contribution in [0.1, 0.15) is 15.9 Å². The fraction of sp³-hybridized carbons (Fsp3) is 0.200. The predicted octanol–water partition coefficient (Wildman–Crippen LogP) is 2.50. The van der Waals surface area contributed by atoms with E-state index in [2.05, 4.69) is 10.3 Å². The molecule has 8 nitrogen and oxygen atoms in total. The molecule has 0 spiro atoms. The lowest BCUT2D eigenvalue weighted by atomic mass is 10.0. The highest BCUT2D eigenvalue weighted by molar-refractivity contribution is 7.89. The Morgan fingerprint density at radius 3 is 2.57 bits per heavy atom. The fourth-order valence-corrected chi connectivity index (χ4v) is 4.14. The van der Waals surface area contributed by atoms with Gasteiger partial charge in [-0.3, -0.25) is 4.79 Å². The molecule has 0 aliphatic rings. The molecule has 0 aliphatic heterocycles. The Morgan fingerprint density at radius 1 is 1.20 bits per heavy atom. The van der Waals surface area contributed by atoms with Crippen LogP contribution >= 0.6 is 11.6 Å². The molecule has 1 aromatic heterocycles. The van der Waals surface area contributed by atoms with E-state index in [1.807, 2.05) is 24.3 Å². The molecule has 1 atom stereocenters. The zero-order valence-electron chi connectivity index (χ0n) is 16.2. The van der Waals surface area contributed by atoms with Gasteiger partial charge in [-0.1, -0.05) is 29.8 Å². The summed E-state index contributed by atoms with van der Waals surface area (Å²) in [5.74, 6) is -2.00. The molecule has 1 heterocycles. The number of halogens is 1. The van der Waals surface area contributed by atoms with Gasteiger partial charge >= 0.3 is 5.97 Å². The van der Waals surface area contributed by atoms with Gasteiger partial charge in [0.05, 0.1) is 15.5 Å². The molecule has 0 saturated heterocycles. The second-order valence-electron chi connectivity index (χ2n) is 6.86. The summed E-state index contributed by atoms with van der Waals surface area (Å²) < 4.78 is 25.7. The zero-order chi connectivity index (χ0) is 22.1. The first kappa shape index (κ1) is 21.8. The number of carbonyl (C=O) groups is 2. The summed E-state index contributed by atoms with van der Waals surface area (Å²) in [5.41, 5.74) is 1.46. The van der Waals surface area contributed by atoms with Gasteiger partial charge in [-0.15, -0.1) is 0 Å². The summed E-state index contributed by atoms with van der Waals surface area (Å²) in [5, 5.41) is 12.9. The van der Waals surface area contributed by atoms with Crippen LogP contribution in [-0.2, 0) is 21.2 Å². The van der Waals surface area contributed by atoms with E-state index in [1.54, 1.807) is 6.20 Å². The summed E-state index contributed by atoms with van der Waals surface area (Å²) in [6, 6.07) is 9.90. The monoisotopic (exact) mass is 449 g/mol. The molecule has 0 unspecified atom stereocenters. The van der Waals surface area contributed by atoms with Crippen molar-refractivity contribution in [3.8, 4) is 0 Å². The number of sulfonamides is 1. The minimum Gasteiger partial charge on any atom is -0.480 e. The van der Waals surface area contributed by atoms with E-state index in [0.717, 1.165) is 26.8 Å². The SMILES string of the molecule is CN(C)S(=O)(=O)c1ccc(Cl)c(C(=O)N[C@H](Cc2c[nH]c3ccccc23)C(=O)O)c1. The molecule has 30 heavy (non-hydrogen) atoms. The Morgan fingerprint density at radius 2 is 1.90 bits per heavy atom. The number of H-pyrrole nitrogens is 1. The highest BCUT2D eigenvalue weighted by atomic mass is 35.5. The van der Waals surface area contributed by atoms with Crippen molar-refractivity contribution in [3.63, 3.8) is 0 Å². The van der Waals surface area contributed by atoms with Crippen LogP contribution in [0.15, 0.2) is 53.6 Å². The number of nitrogens with one attached hydrogen (secondary N) is 2. The van der Waals surface area contributed by atoms with Crippen LogP contribution in [-0.4, -0.2) is 54.8 Å². The highest BCUT2D eigenvalue weighted by Crippen LogP contribution is 2.23. The molecule has 3 N–H and O–H groups in total. The van der Waals surface area contributed by atoms with Crippen LogP contribution in [0.4, 0.5) is 0 Å². The van der Waals surface area contributed by atoms with Gasteiger partial charge in [-0.25, -0.2) is 17.5 Å². The van der Waals surface area contributed by atoms with Crippen molar-refractivity contribution in [1.82, 2.24) is 14.6 Å². The van der Waals surface area contributed by atoms with Crippen molar-refractivity contribution in [2.24, 2.45) is 0 Å². The quantitative estimate of drug-likeness (QED) is 0.512. The third-order valence-corrected chi connectivity index (χ3v) is 6.80. The summed E-state index contributed by atoms with van der Waals surface area (Å²) >= 11 is 6.08. The van der Waals surface area contributed by atoms with E-state index in [0.29, 0.717) is 0 Å². The molecule has 158 valence electrons. The number of benzene rings is 2. The lowest BCUT2D eigenvalue weighted by Crippen LogP contribution is -2.42. The average molecular weight is 450 g/mol. The van der Waals surface area contributed by atoms with E-state index in [4.69, 9.17) is 11.6 Å². The van der Waals surface area contributed by atoms with Crippen LogP contribution in [0.25, 0.3) is 10.9 Å². The first-order chi connectivity index (χ1) is 14.1. The van der Waals surface area contributed by atoms with Gasteiger partial charge in [0, 0.05) is 37.6 Å². The molecule has 0 aliphatic carbocycles. The van der Waals surface area contributed by atoms with E-state index < -0.39 is 27.9 Å². The molecule has 0 saturated carbocycles. The van der Waals surface area contributed by atoms with Crippen molar-refractivity contribution in [1.29, 1.82) is 0 Å². The number of aromatic amines is 1. The number of para-hydroxylation sites is 1. The number of amides is 1. The van der Waals surface area contributed by atoms with E-state index in [9.17, 15) is 23.1 Å². The van der Waals surface area contributed by atoms with Crippen molar-refractivity contribution in [2.75, 3.05) is 14.1 Å². The van der Waals surface area contributed by atoms with Crippen molar-refractivity contribution in [3.05, 3.63) is 64.8 Å². The lowest BCUT2D eigenvalue weighted by molar-refractivity contribution is -0.139. The van der Waals surface area contributed by atoms with Gasteiger partial charge in [0.1, 0.15) is 6.04 Å². The van der Waals surface area contributed by atoms with Crippen molar-refractivity contribution < 1.29 is 23.1 Å². The molecular weight excluding hydrogens is 430 g/mol. The van der Waals surface area contributed by atoms with Crippen LogP contribution in [0.3, 0.4) is 0 Å². The number of rotatable bonds is 7. The molecular formula is C20H20ClN3O5S. The Hall–Kier alpha value is -2.88. The van der Waals surface area contributed by atoms with Crippen molar-refractivity contribution >= 4 is 44.4 Å². The van der Waals surface area contributed by atoms with Gasteiger partial charge < -0.3 is 15.4 Å². The second kappa shape index (κ2) is 8.47. The fourth-order valence-electron chi connectivity index (χ4n) is 3.01. The number of hydrogen-bond acceptors (Lipinski definition) is 4. The summed E-state index contributed by atoms with van der Waals surface area (Å²) in [7, 11) is -1.05. The minimum absolute atomic E-state index is 0.0152. The van der Waals surface area contributed by atoms with Crippen LogP contribution < -0.4 is 5.32 Å². The Kier molecular flexibility index (Phi) is 6.16. The number of hydrogen-bond donors (Lipinski definition) is 3. The maximum Gasteiger partial charge on any atom is 0.326 e. The molecule has 0 bridgehead atoms. The maximum atomic E-state index is 12.7. The minimum atomic E-state index is -3.79. The molecule has 0 radical (unpaired) electrons. The number of carboxylic acid groups (broad SMARTS) is 1. The van der Waals surface area contributed by atoms with E-state index >= 15 is 0 Å². The first-order valence-electron chi connectivity index (χ1n) is 8.92. The predicted molar refractivity (Wildman–Crippen MR) is 113 cm³/mol. The number of aliphatic carboxylic acids is 1. The summed E-state index contributed by atoms with van der Waals surface area (Å²) in [4.78, 5) is 27.5. The van der Waals surface area contributed by atoms with Crippen LogP contribution in [0, 0.1) is 0 Å². The number of nitrogens with zero attached hydrogens (tertiary/aromatic N) is 1. The maximum absolute atomic E-state index is 12.7. The third-order valence-electron chi connectivity index (χ3n) is 4.66. The average Bonchev–Trinajstić information content (AvgIpc) is 3.10. The zero-order valence-corrected chi connectivity index (χ0v) is 17.8. The number of carboxylic acids is 1. The molecule has 3 rings (SSSR count). The topological polar surface area (TPSA) is 120 Å². The summed E-state index contributed by atoms with van der Waals surface area (Å²) in [6.45, 7) is 0. The van der Waals surface area contributed by atoms with E-state index in [-0.39, 0.29) is 21.9 Å². The normalized spacial score (nSPS) is 12.8. The molecule has 1 amide bonds. The molecule has 10 heteroatoms. The third kappa shape index (κ3) is 4.33. The number of aromatic nitrogens is 1. The van der Waals surface area contributed by atoms with Crippen LogP contribution in [0.5, 0.6) is 0 Å². The lowest BCUT2D eigenvalue weighted by Gasteiger charge is -2.16. The van der Waals surface area contributed by atoms with E-state index in [1.165, 1.54) is 26.2 Å². The molecule has 2 aromatic carbocycles. The number of fused-ring (bicyclic) bond motifs is 1. The Balaban J connectivity index is 1.88.